The second kappa shape index (κ2) is 4.04. The van der Waals surface area contributed by atoms with Gasteiger partial charge in [-0.1, -0.05) is 6.07 Å². The predicted molar refractivity (Wildman–Crippen MR) is 61.4 cm³/mol. The van der Waals surface area contributed by atoms with Crippen LogP contribution in [0, 0.1) is 0 Å². The van der Waals surface area contributed by atoms with Crippen molar-refractivity contribution in [1.29, 1.82) is 0 Å². The van der Waals surface area contributed by atoms with E-state index in [1.165, 1.54) is 0 Å². The number of hydrogen-bond acceptors (Lipinski definition) is 3. The Kier molecular flexibility index (Phi) is 2.58. The van der Waals surface area contributed by atoms with Crippen LogP contribution >= 0.6 is 0 Å². The van der Waals surface area contributed by atoms with Crippen LogP contribution in [-0.2, 0) is 13.6 Å². The van der Waals surface area contributed by atoms with Crippen LogP contribution in [0.1, 0.15) is 5.69 Å². The number of aromatic nitrogens is 2. The van der Waals surface area contributed by atoms with Gasteiger partial charge in [-0.25, -0.2) is 0 Å². The van der Waals surface area contributed by atoms with Crippen LogP contribution in [0.5, 0.6) is 0 Å². The maximum atomic E-state index is 5.67. The molecule has 0 saturated heterocycles. The zero-order valence-corrected chi connectivity index (χ0v) is 8.64. The Balaban J connectivity index is 1.99. The molecule has 0 spiro atoms. The molecule has 3 N–H and O–H groups in total. The molecule has 0 amide bonds. The summed E-state index contributed by atoms with van der Waals surface area (Å²) in [6, 6.07) is 9.67. The van der Waals surface area contributed by atoms with Crippen molar-refractivity contribution in [2.45, 2.75) is 6.54 Å². The Morgan fingerprint density at radius 1 is 1.40 bits per heavy atom. The zero-order valence-electron chi connectivity index (χ0n) is 8.64. The lowest BCUT2D eigenvalue weighted by molar-refractivity contribution is 0.747. The topological polar surface area (TPSA) is 55.9 Å². The van der Waals surface area contributed by atoms with Gasteiger partial charge in [0.05, 0.1) is 12.2 Å². The van der Waals surface area contributed by atoms with Gasteiger partial charge in [0.25, 0.3) is 0 Å². The second-order valence-corrected chi connectivity index (χ2v) is 3.46. The standard InChI is InChI=1S/C11H14N4/c1-15-6-5-11(14-15)8-13-10-4-2-3-9(12)7-10/h2-7,13H,8,12H2,1H3. The van der Waals surface area contributed by atoms with Crippen molar-refractivity contribution >= 4 is 11.4 Å². The van der Waals surface area contributed by atoms with Gasteiger partial charge in [-0.15, -0.1) is 0 Å². The first-order chi connectivity index (χ1) is 7.24. The molecule has 0 atom stereocenters. The van der Waals surface area contributed by atoms with Crippen LogP contribution in [0.3, 0.4) is 0 Å². The molecule has 0 aliphatic rings. The van der Waals surface area contributed by atoms with Crippen molar-refractivity contribution in [1.82, 2.24) is 9.78 Å². The highest BCUT2D eigenvalue weighted by Crippen LogP contribution is 2.12. The zero-order chi connectivity index (χ0) is 10.7. The van der Waals surface area contributed by atoms with Gasteiger partial charge >= 0.3 is 0 Å². The summed E-state index contributed by atoms with van der Waals surface area (Å²) < 4.78 is 1.79. The van der Waals surface area contributed by atoms with Crippen molar-refractivity contribution in [3.8, 4) is 0 Å². The summed E-state index contributed by atoms with van der Waals surface area (Å²) >= 11 is 0. The lowest BCUT2D eigenvalue weighted by Gasteiger charge is -2.04. The van der Waals surface area contributed by atoms with Crippen LogP contribution in [0.15, 0.2) is 36.5 Å². The van der Waals surface area contributed by atoms with E-state index in [0.717, 1.165) is 17.1 Å². The van der Waals surface area contributed by atoms with Gasteiger partial charge in [0, 0.05) is 24.6 Å². The summed E-state index contributed by atoms with van der Waals surface area (Å²) in [5.74, 6) is 0. The van der Waals surface area contributed by atoms with Crippen molar-refractivity contribution in [3.05, 3.63) is 42.2 Å². The van der Waals surface area contributed by atoms with Crippen LogP contribution in [-0.4, -0.2) is 9.78 Å². The van der Waals surface area contributed by atoms with E-state index in [0.29, 0.717) is 6.54 Å². The van der Waals surface area contributed by atoms with Gasteiger partial charge in [-0.3, -0.25) is 4.68 Å². The molecule has 2 aromatic rings. The van der Waals surface area contributed by atoms with Gasteiger partial charge < -0.3 is 11.1 Å². The normalized spacial score (nSPS) is 10.2. The van der Waals surface area contributed by atoms with Crippen molar-refractivity contribution in [2.75, 3.05) is 11.1 Å². The third-order valence-corrected chi connectivity index (χ3v) is 2.13. The average Bonchev–Trinajstić information content (AvgIpc) is 2.62. The highest BCUT2D eigenvalue weighted by molar-refractivity contribution is 5.54. The Labute approximate surface area is 88.7 Å². The fraction of sp³-hybridized carbons (Fsp3) is 0.182. The molecule has 0 aliphatic heterocycles. The molecule has 0 radical (unpaired) electrons. The lowest BCUT2D eigenvalue weighted by Crippen LogP contribution is -2.01. The SMILES string of the molecule is Cn1ccc(CNc2cccc(N)c2)n1. The molecular weight excluding hydrogens is 188 g/mol. The van der Waals surface area contributed by atoms with Gasteiger partial charge in [-0.2, -0.15) is 5.10 Å². The highest BCUT2D eigenvalue weighted by Gasteiger charge is 1.96. The van der Waals surface area contributed by atoms with Crippen LogP contribution in [0.4, 0.5) is 11.4 Å². The minimum absolute atomic E-state index is 0.713. The minimum Gasteiger partial charge on any atom is -0.399 e. The number of anilines is 2. The highest BCUT2D eigenvalue weighted by atomic mass is 15.3. The molecule has 0 fully saturated rings. The molecule has 78 valence electrons. The van der Waals surface area contributed by atoms with Gasteiger partial charge in [0.2, 0.25) is 0 Å². The molecule has 0 bridgehead atoms. The van der Waals surface area contributed by atoms with E-state index in [-0.39, 0.29) is 0 Å². The van der Waals surface area contributed by atoms with E-state index in [9.17, 15) is 0 Å². The number of rotatable bonds is 3. The smallest absolute Gasteiger partial charge is 0.0815 e. The summed E-state index contributed by atoms with van der Waals surface area (Å²) in [6.07, 6.45) is 1.93. The molecule has 1 aromatic carbocycles. The quantitative estimate of drug-likeness (QED) is 0.743. The molecule has 0 unspecified atom stereocenters. The number of benzene rings is 1. The molecule has 1 aromatic heterocycles. The van der Waals surface area contributed by atoms with E-state index in [2.05, 4.69) is 10.4 Å². The summed E-state index contributed by atoms with van der Waals surface area (Å²) in [5, 5.41) is 7.53. The van der Waals surface area contributed by atoms with E-state index in [1.54, 1.807) is 4.68 Å². The minimum atomic E-state index is 0.713. The summed E-state index contributed by atoms with van der Waals surface area (Å²) in [6.45, 7) is 0.713. The fourth-order valence-electron chi connectivity index (χ4n) is 1.40. The predicted octanol–water partition coefficient (Wildman–Crippen LogP) is 1.61. The van der Waals surface area contributed by atoms with Gasteiger partial charge in [0.15, 0.2) is 0 Å². The Morgan fingerprint density at radius 3 is 2.93 bits per heavy atom. The molecule has 15 heavy (non-hydrogen) atoms. The number of aryl methyl sites for hydroxylation is 1. The van der Waals surface area contributed by atoms with Gasteiger partial charge in [0.1, 0.15) is 0 Å². The molecule has 1 heterocycles. The first-order valence-electron chi connectivity index (χ1n) is 4.82. The Bertz CT molecular complexity index is 447. The monoisotopic (exact) mass is 202 g/mol. The fourth-order valence-corrected chi connectivity index (χ4v) is 1.40. The second-order valence-electron chi connectivity index (χ2n) is 3.46. The molecular formula is C11H14N4. The number of nitrogen functional groups attached to an aromatic ring is 1. The maximum Gasteiger partial charge on any atom is 0.0815 e. The molecule has 4 nitrogen and oxygen atoms in total. The van der Waals surface area contributed by atoms with Crippen LogP contribution < -0.4 is 11.1 Å². The molecule has 2 rings (SSSR count). The third-order valence-electron chi connectivity index (χ3n) is 2.13. The summed E-state index contributed by atoms with van der Waals surface area (Å²) in [4.78, 5) is 0. The lowest BCUT2D eigenvalue weighted by atomic mass is 10.3. The largest absolute Gasteiger partial charge is 0.399 e. The van der Waals surface area contributed by atoms with E-state index in [4.69, 9.17) is 5.73 Å². The number of nitrogens with one attached hydrogen (secondary N) is 1. The van der Waals surface area contributed by atoms with Crippen molar-refractivity contribution in [3.63, 3.8) is 0 Å². The molecule has 0 saturated carbocycles. The third kappa shape index (κ3) is 2.49. The number of hydrogen-bond donors (Lipinski definition) is 2. The van der Waals surface area contributed by atoms with E-state index < -0.39 is 0 Å². The molecule has 0 aliphatic carbocycles. The maximum absolute atomic E-state index is 5.67. The number of nitrogens with two attached hydrogens (primary N) is 1. The van der Waals surface area contributed by atoms with Crippen LogP contribution in [0.2, 0.25) is 0 Å². The Hall–Kier alpha value is -1.97. The van der Waals surface area contributed by atoms with E-state index in [1.807, 2.05) is 43.6 Å². The number of nitrogens with zero attached hydrogens (tertiary/aromatic N) is 2. The Morgan fingerprint density at radius 2 is 2.27 bits per heavy atom. The first-order valence-corrected chi connectivity index (χ1v) is 4.82. The molecule has 4 heteroatoms. The summed E-state index contributed by atoms with van der Waals surface area (Å²) in [7, 11) is 1.91. The van der Waals surface area contributed by atoms with Gasteiger partial charge in [-0.05, 0) is 24.3 Å². The van der Waals surface area contributed by atoms with Crippen molar-refractivity contribution < 1.29 is 0 Å². The van der Waals surface area contributed by atoms with Crippen LogP contribution in [0.25, 0.3) is 0 Å². The summed E-state index contributed by atoms with van der Waals surface area (Å²) in [5.41, 5.74) is 8.47. The van der Waals surface area contributed by atoms with E-state index >= 15 is 0 Å². The first kappa shape index (κ1) is 9.58. The average molecular weight is 202 g/mol. The van der Waals surface area contributed by atoms with Crippen molar-refractivity contribution in [2.24, 2.45) is 7.05 Å².